The van der Waals surface area contributed by atoms with Gasteiger partial charge >= 0.3 is 6.16 Å². The number of carbonyl (C=O) groups is 1. The van der Waals surface area contributed by atoms with E-state index in [1.807, 2.05) is 72.8 Å². The maximum Gasteiger partial charge on any atom is 0.519 e. The van der Waals surface area contributed by atoms with Crippen LogP contribution in [0.5, 0.6) is 23.0 Å². The van der Waals surface area contributed by atoms with Gasteiger partial charge in [0.15, 0.2) is 0 Å². The van der Waals surface area contributed by atoms with Crippen LogP contribution in [0, 0.1) is 0 Å². The zero-order valence-electron chi connectivity index (χ0n) is 19.6. The standard InChI is InChI=1S/C30H26O5/c1-22(32-25-10-6-4-7-11-25)33-27-18-14-23(15-19-27)30(2,3)24-16-20-28(21-17-24)35-29(31)34-26-12-8-5-9-13-26/h4-21H,1H2,2-3H3. The minimum atomic E-state index is -0.781. The van der Waals surface area contributed by atoms with Gasteiger partial charge in [-0.3, -0.25) is 0 Å². The molecule has 35 heavy (non-hydrogen) atoms. The molecule has 5 nitrogen and oxygen atoms in total. The van der Waals surface area contributed by atoms with E-state index in [0.29, 0.717) is 23.0 Å². The Morgan fingerprint density at radius 3 is 1.31 bits per heavy atom. The van der Waals surface area contributed by atoms with Crippen LogP contribution < -0.4 is 18.9 Å². The summed E-state index contributed by atoms with van der Waals surface area (Å²) in [6.45, 7) is 8.08. The van der Waals surface area contributed by atoms with Crippen LogP contribution >= 0.6 is 0 Å². The lowest BCUT2D eigenvalue weighted by atomic mass is 9.78. The van der Waals surface area contributed by atoms with Crippen molar-refractivity contribution >= 4 is 6.16 Å². The Hall–Kier alpha value is -4.51. The highest BCUT2D eigenvalue weighted by molar-refractivity contribution is 5.67. The molecule has 0 atom stereocenters. The number of carbonyl (C=O) groups excluding carboxylic acids is 1. The highest BCUT2D eigenvalue weighted by atomic mass is 16.7. The Morgan fingerprint density at radius 2 is 0.886 bits per heavy atom. The summed E-state index contributed by atoms with van der Waals surface area (Å²) in [5, 5.41) is 0. The highest BCUT2D eigenvalue weighted by Gasteiger charge is 2.23. The molecule has 0 unspecified atom stereocenters. The second kappa shape index (κ2) is 10.6. The minimum Gasteiger partial charge on any atom is -0.426 e. The van der Waals surface area contributed by atoms with E-state index in [4.69, 9.17) is 18.9 Å². The van der Waals surface area contributed by atoms with E-state index < -0.39 is 6.16 Å². The van der Waals surface area contributed by atoms with Crippen molar-refractivity contribution in [2.75, 3.05) is 0 Å². The van der Waals surface area contributed by atoms with Crippen molar-refractivity contribution in [1.82, 2.24) is 0 Å². The summed E-state index contributed by atoms with van der Waals surface area (Å²) in [5.74, 6) is 2.33. The van der Waals surface area contributed by atoms with Crippen molar-refractivity contribution in [2.45, 2.75) is 19.3 Å². The van der Waals surface area contributed by atoms with E-state index in [0.717, 1.165) is 11.1 Å². The van der Waals surface area contributed by atoms with E-state index in [9.17, 15) is 4.79 Å². The van der Waals surface area contributed by atoms with Crippen LogP contribution in [0.2, 0.25) is 0 Å². The predicted octanol–water partition coefficient (Wildman–Crippen LogP) is 7.52. The molecule has 5 heteroatoms. The molecule has 0 saturated heterocycles. The summed E-state index contributed by atoms with van der Waals surface area (Å²) in [7, 11) is 0. The van der Waals surface area contributed by atoms with Gasteiger partial charge in [-0.25, -0.2) is 4.79 Å². The fraction of sp³-hybridized carbons (Fsp3) is 0.100. The molecule has 0 heterocycles. The number of hydrogen-bond acceptors (Lipinski definition) is 5. The Bertz CT molecular complexity index is 1160. The Morgan fingerprint density at radius 1 is 0.543 bits per heavy atom. The fourth-order valence-corrected chi connectivity index (χ4v) is 3.52. The molecule has 0 bridgehead atoms. The molecule has 0 radical (unpaired) electrons. The summed E-state index contributed by atoms with van der Waals surface area (Å²) in [5.41, 5.74) is 1.86. The molecule has 0 aliphatic carbocycles. The van der Waals surface area contributed by atoms with E-state index >= 15 is 0 Å². The lowest BCUT2D eigenvalue weighted by Gasteiger charge is -2.26. The van der Waals surface area contributed by atoms with Gasteiger partial charge in [0.25, 0.3) is 5.95 Å². The first kappa shape index (κ1) is 23.6. The van der Waals surface area contributed by atoms with Crippen molar-refractivity contribution in [3.8, 4) is 23.0 Å². The van der Waals surface area contributed by atoms with E-state index in [-0.39, 0.29) is 11.4 Å². The molecule has 0 spiro atoms. The van der Waals surface area contributed by atoms with Crippen LogP contribution in [0.25, 0.3) is 0 Å². The van der Waals surface area contributed by atoms with Crippen LogP contribution in [0.4, 0.5) is 4.79 Å². The van der Waals surface area contributed by atoms with Gasteiger partial charge in [-0.1, -0.05) is 74.5 Å². The topological polar surface area (TPSA) is 54.0 Å². The summed E-state index contributed by atoms with van der Waals surface area (Å²) in [4.78, 5) is 12.0. The molecule has 4 aromatic carbocycles. The summed E-state index contributed by atoms with van der Waals surface area (Å²) < 4.78 is 21.8. The first-order chi connectivity index (χ1) is 16.9. The third-order valence-electron chi connectivity index (χ3n) is 5.50. The van der Waals surface area contributed by atoms with Crippen molar-refractivity contribution in [2.24, 2.45) is 0 Å². The number of para-hydroxylation sites is 2. The molecular weight excluding hydrogens is 440 g/mol. The quantitative estimate of drug-likeness (QED) is 0.153. The zero-order chi connectivity index (χ0) is 24.7. The van der Waals surface area contributed by atoms with Gasteiger partial charge in [-0.05, 0) is 66.2 Å². The maximum atomic E-state index is 12.0. The first-order valence-corrected chi connectivity index (χ1v) is 11.2. The second-order valence-corrected chi connectivity index (χ2v) is 8.33. The molecule has 0 aromatic heterocycles. The van der Waals surface area contributed by atoms with Gasteiger partial charge in [-0.15, -0.1) is 0 Å². The molecule has 0 N–H and O–H groups in total. The smallest absolute Gasteiger partial charge is 0.426 e. The average molecular weight is 467 g/mol. The molecule has 4 aromatic rings. The van der Waals surface area contributed by atoms with Gasteiger partial charge in [0.05, 0.1) is 0 Å². The van der Waals surface area contributed by atoms with Crippen LogP contribution in [0.1, 0.15) is 25.0 Å². The first-order valence-electron chi connectivity index (χ1n) is 11.2. The average Bonchev–Trinajstić information content (AvgIpc) is 2.86. The minimum absolute atomic E-state index is 0.199. The summed E-state index contributed by atoms with van der Waals surface area (Å²) in [6.07, 6.45) is -0.781. The zero-order valence-corrected chi connectivity index (χ0v) is 19.6. The number of benzene rings is 4. The van der Waals surface area contributed by atoms with Gasteiger partial charge in [0.2, 0.25) is 0 Å². The van der Waals surface area contributed by atoms with Gasteiger partial charge in [-0.2, -0.15) is 0 Å². The molecule has 0 amide bonds. The number of ether oxygens (including phenoxy) is 4. The second-order valence-electron chi connectivity index (χ2n) is 8.33. The third kappa shape index (κ3) is 6.30. The van der Waals surface area contributed by atoms with Crippen LogP contribution in [0.3, 0.4) is 0 Å². The molecule has 0 fully saturated rings. The number of rotatable bonds is 8. The van der Waals surface area contributed by atoms with Crippen molar-refractivity contribution in [1.29, 1.82) is 0 Å². The van der Waals surface area contributed by atoms with Crippen molar-refractivity contribution in [3.63, 3.8) is 0 Å². The van der Waals surface area contributed by atoms with Gasteiger partial charge < -0.3 is 18.9 Å². The molecule has 0 aliphatic heterocycles. The predicted molar refractivity (Wildman–Crippen MR) is 135 cm³/mol. The molecule has 0 aliphatic rings. The summed E-state index contributed by atoms with van der Waals surface area (Å²) >= 11 is 0. The maximum absolute atomic E-state index is 12.0. The molecule has 176 valence electrons. The van der Waals surface area contributed by atoms with Crippen LogP contribution in [-0.4, -0.2) is 6.16 Å². The normalized spacial score (nSPS) is 10.8. The van der Waals surface area contributed by atoms with E-state index in [2.05, 4.69) is 20.4 Å². The number of hydrogen-bond donors (Lipinski definition) is 0. The van der Waals surface area contributed by atoms with Gasteiger partial charge in [0.1, 0.15) is 23.0 Å². The monoisotopic (exact) mass is 466 g/mol. The Kier molecular flexibility index (Phi) is 7.17. The van der Waals surface area contributed by atoms with Crippen molar-refractivity contribution < 1.29 is 23.7 Å². The SMILES string of the molecule is C=C(Oc1ccccc1)Oc1ccc(C(C)(C)c2ccc(OC(=O)Oc3ccccc3)cc2)cc1. The fourth-order valence-electron chi connectivity index (χ4n) is 3.52. The largest absolute Gasteiger partial charge is 0.519 e. The van der Waals surface area contributed by atoms with Crippen LogP contribution in [-0.2, 0) is 5.41 Å². The Labute approximate surface area is 205 Å². The molecule has 0 saturated carbocycles. The third-order valence-corrected chi connectivity index (χ3v) is 5.50. The van der Waals surface area contributed by atoms with Gasteiger partial charge in [0, 0.05) is 5.41 Å². The summed E-state index contributed by atoms with van der Waals surface area (Å²) in [6, 6.07) is 33.3. The highest BCUT2D eigenvalue weighted by Crippen LogP contribution is 2.33. The Balaban J connectivity index is 1.36. The van der Waals surface area contributed by atoms with Crippen LogP contribution in [0.15, 0.2) is 122 Å². The lowest BCUT2D eigenvalue weighted by molar-refractivity contribution is 0.152. The molecule has 4 rings (SSSR count). The van der Waals surface area contributed by atoms with E-state index in [1.54, 1.807) is 36.4 Å². The van der Waals surface area contributed by atoms with E-state index in [1.165, 1.54) is 0 Å². The van der Waals surface area contributed by atoms with Crippen molar-refractivity contribution in [3.05, 3.63) is 133 Å². The lowest BCUT2D eigenvalue weighted by Crippen LogP contribution is -2.19. The molecular formula is C30H26O5.